The van der Waals surface area contributed by atoms with E-state index in [2.05, 4.69) is 25.5 Å². The Hall–Kier alpha value is -3.36. The predicted octanol–water partition coefficient (Wildman–Crippen LogP) is 2.89. The van der Waals surface area contributed by atoms with Crippen LogP contribution in [0.3, 0.4) is 0 Å². The van der Waals surface area contributed by atoms with Crippen molar-refractivity contribution in [3.8, 4) is 17.1 Å². The Kier molecular flexibility index (Phi) is 5.16. The van der Waals surface area contributed by atoms with Crippen molar-refractivity contribution >= 4 is 11.6 Å². The molecule has 0 aliphatic heterocycles. The van der Waals surface area contributed by atoms with Gasteiger partial charge in [0.15, 0.2) is 0 Å². The van der Waals surface area contributed by atoms with E-state index in [9.17, 15) is 13.6 Å². The van der Waals surface area contributed by atoms with E-state index in [1.165, 1.54) is 18.2 Å². The fourth-order valence-electron chi connectivity index (χ4n) is 2.22. The van der Waals surface area contributed by atoms with Gasteiger partial charge >= 0.3 is 6.61 Å². The van der Waals surface area contributed by atoms with Gasteiger partial charge in [0.1, 0.15) is 12.3 Å². The smallest absolute Gasteiger partial charge is 0.387 e. The van der Waals surface area contributed by atoms with E-state index in [-0.39, 0.29) is 18.0 Å². The van der Waals surface area contributed by atoms with Crippen molar-refractivity contribution in [3.05, 3.63) is 54.1 Å². The van der Waals surface area contributed by atoms with Crippen molar-refractivity contribution in [2.24, 2.45) is 0 Å². The van der Waals surface area contributed by atoms with Gasteiger partial charge in [-0.1, -0.05) is 42.0 Å². The maximum atomic E-state index is 12.4. The number of carbonyl (C=O) groups excluding carboxylic acids is 1. The molecule has 3 rings (SSSR count). The SMILES string of the molecule is Cc1ccc(-c2nnn(CC(=O)Nc3ccccc3OC(F)F)n2)cc1. The zero-order valence-electron chi connectivity index (χ0n) is 13.8. The number of alkyl halides is 2. The third kappa shape index (κ3) is 4.38. The molecule has 1 N–H and O–H groups in total. The van der Waals surface area contributed by atoms with Crippen LogP contribution in [0.5, 0.6) is 5.75 Å². The van der Waals surface area contributed by atoms with Crippen LogP contribution in [0.4, 0.5) is 14.5 Å². The molecule has 0 radical (unpaired) electrons. The molecular weight excluding hydrogens is 344 g/mol. The Bertz CT molecular complexity index is 896. The zero-order valence-corrected chi connectivity index (χ0v) is 13.8. The minimum absolute atomic E-state index is 0.122. The summed E-state index contributed by atoms with van der Waals surface area (Å²) in [6.07, 6.45) is 0. The van der Waals surface area contributed by atoms with Crippen LogP contribution < -0.4 is 10.1 Å². The van der Waals surface area contributed by atoms with Gasteiger partial charge in [0, 0.05) is 5.56 Å². The van der Waals surface area contributed by atoms with Gasteiger partial charge in [-0.2, -0.15) is 13.6 Å². The molecule has 0 fully saturated rings. The lowest BCUT2D eigenvalue weighted by Crippen LogP contribution is -2.21. The number of aryl methyl sites for hydroxylation is 1. The number of ether oxygens (including phenoxy) is 1. The molecule has 0 saturated heterocycles. The first kappa shape index (κ1) is 17.5. The second kappa shape index (κ2) is 7.68. The Labute approximate surface area is 147 Å². The maximum absolute atomic E-state index is 12.4. The first-order valence-corrected chi connectivity index (χ1v) is 7.70. The van der Waals surface area contributed by atoms with Gasteiger partial charge in [0.05, 0.1) is 5.69 Å². The lowest BCUT2D eigenvalue weighted by atomic mass is 10.1. The maximum Gasteiger partial charge on any atom is 0.387 e. The molecular formula is C17H15F2N5O2. The average molecular weight is 359 g/mol. The first-order valence-electron chi connectivity index (χ1n) is 7.70. The van der Waals surface area contributed by atoms with Gasteiger partial charge in [-0.05, 0) is 24.3 Å². The van der Waals surface area contributed by atoms with Crippen LogP contribution >= 0.6 is 0 Å². The van der Waals surface area contributed by atoms with Crippen molar-refractivity contribution in [2.45, 2.75) is 20.1 Å². The fraction of sp³-hybridized carbons (Fsp3) is 0.176. The van der Waals surface area contributed by atoms with E-state index in [0.717, 1.165) is 15.9 Å². The number of tetrazole rings is 1. The van der Waals surface area contributed by atoms with Crippen molar-refractivity contribution in [1.29, 1.82) is 0 Å². The molecule has 9 heteroatoms. The zero-order chi connectivity index (χ0) is 18.5. The lowest BCUT2D eigenvalue weighted by Gasteiger charge is -2.11. The van der Waals surface area contributed by atoms with Crippen LogP contribution in [0, 0.1) is 6.92 Å². The number of amides is 1. The lowest BCUT2D eigenvalue weighted by molar-refractivity contribution is -0.117. The molecule has 0 unspecified atom stereocenters. The van der Waals surface area contributed by atoms with Crippen LogP contribution in [-0.2, 0) is 11.3 Å². The molecule has 0 aliphatic carbocycles. The molecule has 3 aromatic rings. The minimum Gasteiger partial charge on any atom is -0.433 e. The standard InChI is InChI=1S/C17H15F2N5O2/c1-11-6-8-12(9-7-11)16-21-23-24(22-16)10-15(25)20-13-4-2-3-5-14(13)26-17(18)19/h2-9,17H,10H2,1H3,(H,20,25). The Morgan fingerprint density at radius 2 is 1.92 bits per heavy atom. The number of hydrogen-bond acceptors (Lipinski definition) is 5. The van der Waals surface area contributed by atoms with Crippen molar-refractivity contribution in [1.82, 2.24) is 20.2 Å². The van der Waals surface area contributed by atoms with Crippen LogP contribution in [0.15, 0.2) is 48.5 Å². The van der Waals surface area contributed by atoms with Crippen molar-refractivity contribution < 1.29 is 18.3 Å². The number of rotatable bonds is 6. The number of hydrogen-bond donors (Lipinski definition) is 1. The molecule has 1 aromatic heterocycles. The van der Waals surface area contributed by atoms with E-state index in [1.54, 1.807) is 6.07 Å². The van der Waals surface area contributed by atoms with E-state index in [4.69, 9.17) is 0 Å². The number of halogens is 2. The van der Waals surface area contributed by atoms with Crippen molar-refractivity contribution in [2.75, 3.05) is 5.32 Å². The highest BCUT2D eigenvalue weighted by Gasteiger charge is 2.13. The van der Waals surface area contributed by atoms with Gasteiger partial charge in [0.25, 0.3) is 0 Å². The van der Waals surface area contributed by atoms with E-state index in [1.807, 2.05) is 31.2 Å². The first-order chi connectivity index (χ1) is 12.5. The summed E-state index contributed by atoms with van der Waals surface area (Å²) >= 11 is 0. The van der Waals surface area contributed by atoms with Gasteiger partial charge in [-0.3, -0.25) is 4.79 Å². The highest BCUT2D eigenvalue weighted by Crippen LogP contribution is 2.25. The monoisotopic (exact) mass is 359 g/mol. The van der Waals surface area contributed by atoms with E-state index >= 15 is 0 Å². The summed E-state index contributed by atoms with van der Waals surface area (Å²) in [4.78, 5) is 13.3. The number of nitrogens with one attached hydrogen (secondary N) is 1. The van der Waals surface area contributed by atoms with Gasteiger partial charge in [-0.15, -0.1) is 10.2 Å². The van der Waals surface area contributed by atoms with Crippen LogP contribution in [0.25, 0.3) is 11.4 Å². The summed E-state index contributed by atoms with van der Waals surface area (Å²) in [7, 11) is 0. The number of aromatic nitrogens is 4. The largest absolute Gasteiger partial charge is 0.433 e. The van der Waals surface area contributed by atoms with Crippen LogP contribution in [0.2, 0.25) is 0 Å². The van der Waals surface area contributed by atoms with Gasteiger partial charge < -0.3 is 10.1 Å². The molecule has 26 heavy (non-hydrogen) atoms. The quantitative estimate of drug-likeness (QED) is 0.732. The highest BCUT2D eigenvalue weighted by molar-refractivity contribution is 5.92. The van der Waals surface area contributed by atoms with Gasteiger partial charge in [0.2, 0.25) is 11.7 Å². The summed E-state index contributed by atoms with van der Waals surface area (Å²) in [5.41, 5.74) is 2.01. The third-order valence-corrected chi connectivity index (χ3v) is 3.42. The average Bonchev–Trinajstić information content (AvgIpc) is 3.05. The van der Waals surface area contributed by atoms with Crippen LogP contribution in [-0.4, -0.2) is 32.7 Å². The molecule has 1 heterocycles. The van der Waals surface area contributed by atoms with E-state index < -0.39 is 12.5 Å². The molecule has 0 bridgehead atoms. The Morgan fingerprint density at radius 1 is 1.19 bits per heavy atom. The highest BCUT2D eigenvalue weighted by atomic mass is 19.3. The summed E-state index contributed by atoms with van der Waals surface area (Å²) < 4.78 is 29.2. The molecule has 0 aliphatic rings. The third-order valence-electron chi connectivity index (χ3n) is 3.42. The summed E-state index contributed by atoms with van der Waals surface area (Å²) in [5, 5.41) is 14.4. The van der Waals surface area contributed by atoms with Crippen LogP contribution in [0.1, 0.15) is 5.56 Å². The summed E-state index contributed by atoms with van der Waals surface area (Å²) in [5.74, 6) is -0.231. The topological polar surface area (TPSA) is 81.9 Å². The van der Waals surface area contributed by atoms with E-state index in [0.29, 0.717) is 5.82 Å². The molecule has 0 saturated carbocycles. The number of benzene rings is 2. The molecule has 0 atom stereocenters. The molecule has 2 aromatic carbocycles. The normalized spacial score (nSPS) is 10.8. The summed E-state index contributed by atoms with van der Waals surface area (Å²) in [6.45, 7) is -1.24. The number of nitrogens with zero attached hydrogens (tertiary/aromatic N) is 4. The molecule has 0 spiro atoms. The number of para-hydroxylation sites is 2. The Balaban J connectivity index is 1.67. The second-order valence-corrected chi connectivity index (χ2v) is 5.43. The predicted molar refractivity (Wildman–Crippen MR) is 89.7 cm³/mol. The number of carbonyl (C=O) groups is 1. The van der Waals surface area contributed by atoms with Crippen molar-refractivity contribution in [3.63, 3.8) is 0 Å². The molecule has 1 amide bonds. The molecule has 7 nitrogen and oxygen atoms in total. The van der Waals surface area contributed by atoms with Gasteiger partial charge in [-0.25, -0.2) is 0 Å². The Morgan fingerprint density at radius 3 is 2.65 bits per heavy atom. The second-order valence-electron chi connectivity index (χ2n) is 5.43. The number of anilines is 1. The molecule has 134 valence electrons. The minimum atomic E-state index is -2.98. The fourth-order valence-corrected chi connectivity index (χ4v) is 2.22. The summed E-state index contributed by atoms with van der Waals surface area (Å²) in [6, 6.07) is 13.5.